The number of rotatable bonds is 2. The number of fused-ring (bicyclic) bond motifs is 2. The van der Waals surface area contributed by atoms with Crippen molar-refractivity contribution in [2.24, 2.45) is 0 Å². The quantitative estimate of drug-likeness (QED) is 0.550. The number of anilines is 2. The average Bonchev–Trinajstić information content (AvgIpc) is 3.03. The average molecular weight is 285 g/mol. The van der Waals surface area contributed by atoms with Crippen LogP contribution in [-0.2, 0) is 0 Å². The van der Waals surface area contributed by atoms with Gasteiger partial charge in [0.25, 0.3) is 0 Å². The van der Waals surface area contributed by atoms with Crippen molar-refractivity contribution < 1.29 is 17.6 Å². The predicted octanol–water partition coefficient (Wildman–Crippen LogP) is 5.20. The highest BCUT2D eigenvalue weighted by molar-refractivity contribution is 5.97. The highest BCUT2D eigenvalue weighted by Crippen LogP contribution is 2.33. The molecule has 0 aliphatic rings. The van der Waals surface area contributed by atoms with Crippen LogP contribution in [0.15, 0.2) is 57.8 Å². The lowest BCUT2D eigenvalue weighted by atomic mass is 10.2. The van der Waals surface area contributed by atoms with E-state index >= 15 is 0 Å². The van der Waals surface area contributed by atoms with Crippen LogP contribution in [0.3, 0.4) is 0 Å². The summed E-state index contributed by atoms with van der Waals surface area (Å²) in [5, 5.41) is 4.67. The van der Waals surface area contributed by atoms with E-state index in [0.29, 0.717) is 22.5 Å². The van der Waals surface area contributed by atoms with E-state index in [1.54, 1.807) is 12.1 Å². The van der Waals surface area contributed by atoms with Crippen molar-refractivity contribution in [2.45, 2.75) is 0 Å². The Labute approximate surface area is 117 Å². The summed E-state index contributed by atoms with van der Waals surface area (Å²) in [7, 11) is 0. The van der Waals surface area contributed by atoms with Crippen LogP contribution in [0.2, 0.25) is 0 Å². The molecule has 0 fully saturated rings. The molecule has 2 aromatic heterocycles. The topological polar surface area (TPSA) is 38.3 Å². The highest BCUT2D eigenvalue weighted by Gasteiger charge is 2.11. The van der Waals surface area contributed by atoms with Crippen molar-refractivity contribution in [1.82, 2.24) is 0 Å². The largest absolute Gasteiger partial charge is 0.462 e. The summed E-state index contributed by atoms with van der Waals surface area (Å²) in [6.07, 6.45) is 3.01. The molecular weight excluding hydrogens is 276 g/mol. The lowest BCUT2D eigenvalue weighted by molar-refractivity contribution is 0.599. The fraction of sp³-hybridized carbons (Fsp3) is 0. The Morgan fingerprint density at radius 2 is 1.19 bits per heavy atom. The van der Waals surface area contributed by atoms with Gasteiger partial charge in [-0.25, -0.2) is 8.78 Å². The van der Waals surface area contributed by atoms with Crippen LogP contribution >= 0.6 is 0 Å². The van der Waals surface area contributed by atoms with Crippen molar-refractivity contribution >= 4 is 33.3 Å². The molecule has 0 spiro atoms. The second-order valence-electron chi connectivity index (χ2n) is 4.70. The summed E-state index contributed by atoms with van der Waals surface area (Å²) in [5.41, 5.74) is 2.29. The fourth-order valence-electron chi connectivity index (χ4n) is 2.34. The first-order valence-electron chi connectivity index (χ1n) is 6.31. The maximum atomic E-state index is 13.1. The fourth-order valence-corrected chi connectivity index (χ4v) is 2.34. The van der Waals surface area contributed by atoms with Crippen LogP contribution in [-0.4, -0.2) is 0 Å². The van der Waals surface area contributed by atoms with Crippen molar-refractivity contribution in [1.29, 1.82) is 0 Å². The maximum Gasteiger partial charge on any atom is 0.138 e. The molecule has 4 rings (SSSR count). The molecule has 0 atom stereocenters. The highest BCUT2D eigenvalue weighted by atomic mass is 19.1. The Kier molecular flexibility index (Phi) is 2.47. The third-order valence-corrected chi connectivity index (χ3v) is 3.34. The van der Waals surface area contributed by atoms with Crippen molar-refractivity contribution in [3.8, 4) is 0 Å². The van der Waals surface area contributed by atoms with Gasteiger partial charge < -0.3 is 14.2 Å². The molecule has 0 unspecified atom stereocenters. The third kappa shape index (κ3) is 1.94. The molecule has 2 aromatic carbocycles. The molecule has 0 aliphatic carbocycles. The lowest BCUT2D eigenvalue weighted by Crippen LogP contribution is -1.87. The summed E-state index contributed by atoms with van der Waals surface area (Å²) in [5.74, 6) is -0.708. The van der Waals surface area contributed by atoms with Crippen molar-refractivity contribution in [2.75, 3.05) is 5.32 Å². The number of halogens is 2. The summed E-state index contributed by atoms with van der Waals surface area (Å²) in [4.78, 5) is 0. The number of furan rings is 2. The zero-order chi connectivity index (χ0) is 14.4. The second kappa shape index (κ2) is 4.34. The maximum absolute atomic E-state index is 13.1. The molecule has 0 saturated carbocycles. The normalized spacial score (nSPS) is 11.3. The Morgan fingerprint density at radius 3 is 1.67 bits per heavy atom. The molecule has 104 valence electrons. The van der Waals surface area contributed by atoms with Crippen LogP contribution in [0, 0.1) is 11.6 Å². The Bertz CT molecular complexity index is 877. The zero-order valence-electron chi connectivity index (χ0n) is 10.7. The van der Waals surface area contributed by atoms with Gasteiger partial charge in [-0.15, -0.1) is 0 Å². The Morgan fingerprint density at radius 1 is 0.714 bits per heavy atom. The van der Waals surface area contributed by atoms with Gasteiger partial charge in [0.2, 0.25) is 0 Å². The molecule has 21 heavy (non-hydrogen) atoms. The van der Waals surface area contributed by atoms with E-state index in [9.17, 15) is 8.78 Å². The summed E-state index contributed by atoms with van der Waals surface area (Å²) < 4.78 is 36.9. The van der Waals surface area contributed by atoms with Crippen molar-refractivity contribution in [3.63, 3.8) is 0 Å². The van der Waals surface area contributed by atoms with Gasteiger partial charge in [0.15, 0.2) is 0 Å². The van der Waals surface area contributed by atoms with Gasteiger partial charge in [0, 0.05) is 22.9 Å². The molecule has 0 bridgehead atoms. The first kappa shape index (κ1) is 12.0. The number of hydrogen-bond donors (Lipinski definition) is 1. The third-order valence-electron chi connectivity index (χ3n) is 3.34. The van der Waals surface area contributed by atoms with E-state index in [0.717, 1.165) is 10.8 Å². The monoisotopic (exact) mass is 285 g/mol. The van der Waals surface area contributed by atoms with E-state index in [1.807, 2.05) is 0 Å². The Hall–Kier alpha value is -2.82. The molecule has 5 heteroatoms. The van der Waals surface area contributed by atoms with Crippen LogP contribution in [0.1, 0.15) is 0 Å². The van der Waals surface area contributed by atoms with Crippen LogP contribution in [0.25, 0.3) is 21.9 Å². The summed E-state index contributed by atoms with van der Waals surface area (Å²) >= 11 is 0. The molecule has 0 aliphatic heterocycles. The van der Waals surface area contributed by atoms with Gasteiger partial charge in [-0.1, -0.05) is 0 Å². The molecular formula is C16H9F2NO2. The van der Waals surface area contributed by atoms with Crippen LogP contribution in [0.4, 0.5) is 20.2 Å². The van der Waals surface area contributed by atoms with Crippen LogP contribution in [0.5, 0.6) is 0 Å². The lowest BCUT2D eigenvalue weighted by Gasteiger charge is -2.01. The second-order valence-corrected chi connectivity index (χ2v) is 4.70. The minimum absolute atomic E-state index is 0.354. The SMILES string of the molecule is Fc1ccc2c(Nc3coc4cc(F)ccc34)coc2c1. The van der Waals surface area contributed by atoms with Gasteiger partial charge in [-0.2, -0.15) is 0 Å². The van der Waals surface area contributed by atoms with Gasteiger partial charge >= 0.3 is 0 Å². The molecule has 2 heterocycles. The zero-order valence-corrected chi connectivity index (χ0v) is 10.7. The molecule has 0 amide bonds. The van der Waals surface area contributed by atoms with Gasteiger partial charge in [0.1, 0.15) is 35.3 Å². The van der Waals surface area contributed by atoms with E-state index in [2.05, 4.69) is 5.32 Å². The minimum Gasteiger partial charge on any atom is -0.462 e. The standard InChI is InChI=1S/C16H9F2NO2/c17-9-1-3-11-13(7-20-15(11)5-9)19-14-8-21-16-6-10(18)2-4-12(14)16/h1-8,19H. The number of nitrogens with one attached hydrogen (secondary N) is 1. The molecule has 1 N–H and O–H groups in total. The van der Waals surface area contributed by atoms with Gasteiger partial charge in [-0.3, -0.25) is 0 Å². The molecule has 0 radical (unpaired) electrons. The van der Waals surface area contributed by atoms with E-state index in [4.69, 9.17) is 8.83 Å². The minimum atomic E-state index is -0.354. The summed E-state index contributed by atoms with van der Waals surface area (Å²) in [6, 6.07) is 8.65. The van der Waals surface area contributed by atoms with E-state index in [-0.39, 0.29) is 11.6 Å². The van der Waals surface area contributed by atoms with E-state index in [1.165, 1.54) is 36.8 Å². The molecule has 0 saturated heterocycles. The van der Waals surface area contributed by atoms with Gasteiger partial charge in [0.05, 0.1) is 11.4 Å². The number of hydrogen-bond acceptors (Lipinski definition) is 3. The van der Waals surface area contributed by atoms with Crippen LogP contribution < -0.4 is 5.32 Å². The molecule has 3 nitrogen and oxygen atoms in total. The number of benzene rings is 2. The first-order chi connectivity index (χ1) is 10.2. The van der Waals surface area contributed by atoms with E-state index < -0.39 is 0 Å². The summed E-state index contributed by atoms with van der Waals surface area (Å²) in [6.45, 7) is 0. The smallest absolute Gasteiger partial charge is 0.138 e. The molecule has 4 aromatic rings. The van der Waals surface area contributed by atoms with Gasteiger partial charge in [-0.05, 0) is 24.3 Å². The predicted molar refractivity (Wildman–Crippen MR) is 75.6 cm³/mol. The van der Waals surface area contributed by atoms with Crippen molar-refractivity contribution in [3.05, 3.63) is 60.6 Å². The Balaban J connectivity index is 1.79. The first-order valence-corrected chi connectivity index (χ1v) is 6.31.